The molecule has 1 N–H and O–H groups in total. The molecule has 0 unspecified atom stereocenters. The van der Waals surface area contributed by atoms with E-state index in [9.17, 15) is 0 Å². The molecule has 0 aliphatic heterocycles. The van der Waals surface area contributed by atoms with Gasteiger partial charge in [-0.1, -0.05) is 18.2 Å². The zero-order valence-corrected chi connectivity index (χ0v) is 13.2. The fourth-order valence-corrected chi connectivity index (χ4v) is 1.95. The predicted octanol–water partition coefficient (Wildman–Crippen LogP) is 2.96. The van der Waals surface area contributed by atoms with Crippen molar-refractivity contribution < 1.29 is 0 Å². The molecule has 24 heavy (non-hydrogen) atoms. The SMILES string of the molecule is C/C(=N\N/C(=N/c1ccccn1)c1ccccn1)c1ccccn1. The summed E-state index contributed by atoms with van der Waals surface area (Å²) in [4.78, 5) is 17.3. The summed E-state index contributed by atoms with van der Waals surface area (Å²) in [6, 6.07) is 16.8. The lowest BCUT2D eigenvalue weighted by Gasteiger charge is -2.06. The van der Waals surface area contributed by atoms with Crippen molar-refractivity contribution in [1.82, 2.24) is 20.4 Å². The van der Waals surface area contributed by atoms with Crippen LogP contribution in [0.3, 0.4) is 0 Å². The van der Waals surface area contributed by atoms with E-state index in [2.05, 4.69) is 30.5 Å². The number of amidine groups is 1. The molecular weight excluding hydrogens is 300 g/mol. The topological polar surface area (TPSA) is 75.4 Å². The highest BCUT2D eigenvalue weighted by Crippen LogP contribution is 2.08. The van der Waals surface area contributed by atoms with Crippen LogP contribution >= 0.6 is 0 Å². The number of hydrogen-bond donors (Lipinski definition) is 1. The Labute approximate surface area is 140 Å². The molecule has 3 heterocycles. The highest BCUT2D eigenvalue weighted by Gasteiger charge is 2.05. The lowest BCUT2D eigenvalue weighted by atomic mass is 10.3. The molecule has 0 atom stereocenters. The Morgan fingerprint density at radius 3 is 2.00 bits per heavy atom. The van der Waals surface area contributed by atoms with Gasteiger partial charge in [-0.25, -0.2) is 9.98 Å². The van der Waals surface area contributed by atoms with Gasteiger partial charge in [0.25, 0.3) is 0 Å². The highest BCUT2D eigenvalue weighted by atomic mass is 15.3. The van der Waals surface area contributed by atoms with Gasteiger partial charge in [0, 0.05) is 18.6 Å². The van der Waals surface area contributed by atoms with Crippen molar-refractivity contribution in [2.45, 2.75) is 6.92 Å². The van der Waals surface area contributed by atoms with Crippen molar-refractivity contribution >= 4 is 17.4 Å². The summed E-state index contributed by atoms with van der Waals surface area (Å²) in [6.07, 6.45) is 5.13. The van der Waals surface area contributed by atoms with E-state index in [1.807, 2.05) is 61.5 Å². The van der Waals surface area contributed by atoms with Gasteiger partial charge in [0.15, 0.2) is 11.7 Å². The second-order valence-corrected chi connectivity index (χ2v) is 4.89. The molecule has 0 aromatic carbocycles. The summed E-state index contributed by atoms with van der Waals surface area (Å²) in [6.45, 7) is 1.88. The van der Waals surface area contributed by atoms with Gasteiger partial charge in [-0.15, -0.1) is 0 Å². The number of pyridine rings is 3. The summed E-state index contributed by atoms with van der Waals surface area (Å²) in [5.41, 5.74) is 5.20. The summed E-state index contributed by atoms with van der Waals surface area (Å²) in [5, 5.41) is 4.37. The molecule has 0 radical (unpaired) electrons. The van der Waals surface area contributed by atoms with Crippen LogP contribution in [-0.4, -0.2) is 26.5 Å². The van der Waals surface area contributed by atoms with Crippen molar-refractivity contribution in [3.05, 3.63) is 84.6 Å². The third kappa shape index (κ3) is 4.07. The first-order valence-electron chi connectivity index (χ1n) is 7.46. The maximum atomic E-state index is 4.50. The molecule has 6 heteroatoms. The minimum atomic E-state index is 0.518. The number of nitrogens with one attached hydrogen (secondary N) is 1. The number of hydrazone groups is 1. The van der Waals surface area contributed by atoms with Gasteiger partial charge in [-0.05, 0) is 43.3 Å². The Bertz CT molecular complexity index is 829. The van der Waals surface area contributed by atoms with Gasteiger partial charge in [0.2, 0.25) is 0 Å². The second-order valence-electron chi connectivity index (χ2n) is 4.89. The molecule has 6 nitrogen and oxygen atoms in total. The second kappa shape index (κ2) is 7.73. The lowest BCUT2D eigenvalue weighted by molar-refractivity contribution is 1.00. The van der Waals surface area contributed by atoms with Crippen molar-refractivity contribution in [1.29, 1.82) is 0 Å². The van der Waals surface area contributed by atoms with Crippen LogP contribution in [0.2, 0.25) is 0 Å². The Hall–Kier alpha value is -3.41. The van der Waals surface area contributed by atoms with E-state index < -0.39 is 0 Å². The first kappa shape index (κ1) is 15.5. The molecule has 0 spiro atoms. The predicted molar refractivity (Wildman–Crippen MR) is 94.3 cm³/mol. The molecule has 3 aromatic rings. The lowest BCUT2D eigenvalue weighted by Crippen LogP contribution is -2.22. The Balaban J connectivity index is 1.90. The van der Waals surface area contributed by atoms with Crippen LogP contribution in [0.1, 0.15) is 18.3 Å². The minimum absolute atomic E-state index is 0.518. The molecule has 0 amide bonds. The van der Waals surface area contributed by atoms with Gasteiger partial charge in [-0.2, -0.15) is 5.10 Å². The smallest absolute Gasteiger partial charge is 0.174 e. The monoisotopic (exact) mass is 316 g/mol. The number of aromatic nitrogens is 3. The number of aliphatic imine (C=N–C) groups is 1. The first-order chi connectivity index (χ1) is 11.8. The van der Waals surface area contributed by atoms with Crippen molar-refractivity contribution in [2.24, 2.45) is 10.1 Å². The van der Waals surface area contributed by atoms with Gasteiger partial charge < -0.3 is 0 Å². The number of nitrogens with zero attached hydrogens (tertiary/aromatic N) is 5. The zero-order chi connectivity index (χ0) is 16.6. The largest absolute Gasteiger partial charge is 0.259 e. The quantitative estimate of drug-likeness (QED) is 0.456. The maximum absolute atomic E-state index is 4.50. The summed E-state index contributed by atoms with van der Waals surface area (Å²) in [7, 11) is 0. The standard InChI is InChI=1S/C18H16N6/c1-14(15-8-2-5-11-19-15)23-24-18(16-9-3-6-12-20-16)22-17-10-4-7-13-21-17/h2-13H,1H3,(H,21,22,24)/b23-14+. The Kier molecular flexibility index (Phi) is 4.99. The van der Waals surface area contributed by atoms with Gasteiger partial charge in [0.1, 0.15) is 5.69 Å². The van der Waals surface area contributed by atoms with Gasteiger partial charge in [-0.3, -0.25) is 15.4 Å². The van der Waals surface area contributed by atoms with Crippen LogP contribution in [0, 0.1) is 0 Å². The molecule has 3 aromatic heterocycles. The zero-order valence-electron chi connectivity index (χ0n) is 13.2. The van der Waals surface area contributed by atoms with E-state index in [-0.39, 0.29) is 0 Å². The normalized spacial score (nSPS) is 12.0. The average molecular weight is 316 g/mol. The van der Waals surface area contributed by atoms with Crippen molar-refractivity contribution in [2.75, 3.05) is 0 Å². The summed E-state index contributed by atoms with van der Waals surface area (Å²) >= 11 is 0. The van der Waals surface area contributed by atoms with E-state index in [1.165, 1.54) is 0 Å². The minimum Gasteiger partial charge on any atom is -0.259 e. The van der Waals surface area contributed by atoms with Crippen LogP contribution in [0.15, 0.2) is 83.3 Å². The molecule has 0 saturated heterocycles. The molecule has 0 fully saturated rings. The molecular formula is C18H16N6. The summed E-state index contributed by atoms with van der Waals surface area (Å²) in [5.74, 6) is 1.10. The van der Waals surface area contributed by atoms with E-state index in [4.69, 9.17) is 0 Å². The first-order valence-corrected chi connectivity index (χ1v) is 7.46. The van der Waals surface area contributed by atoms with Crippen LogP contribution < -0.4 is 5.43 Å². The van der Waals surface area contributed by atoms with Gasteiger partial charge >= 0.3 is 0 Å². The molecule has 0 saturated carbocycles. The summed E-state index contributed by atoms with van der Waals surface area (Å²) < 4.78 is 0. The fourth-order valence-electron chi connectivity index (χ4n) is 1.95. The highest BCUT2D eigenvalue weighted by molar-refractivity contribution is 6.01. The Morgan fingerprint density at radius 1 is 0.792 bits per heavy atom. The van der Waals surface area contributed by atoms with E-state index in [0.717, 1.165) is 11.4 Å². The van der Waals surface area contributed by atoms with Crippen LogP contribution in [0.5, 0.6) is 0 Å². The molecule has 118 valence electrons. The molecule has 0 aliphatic rings. The fraction of sp³-hybridized carbons (Fsp3) is 0.0556. The maximum Gasteiger partial charge on any atom is 0.174 e. The third-order valence-corrected chi connectivity index (χ3v) is 3.15. The number of hydrogen-bond acceptors (Lipinski definition) is 5. The molecule has 3 rings (SSSR count). The Morgan fingerprint density at radius 2 is 1.42 bits per heavy atom. The van der Waals surface area contributed by atoms with Crippen molar-refractivity contribution in [3.8, 4) is 0 Å². The molecule has 0 aliphatic carbocycles. The van der Waals surface area contributed by atoms with Crippen LogP contribution in [0.4, 0.5) is 5.82 Å². The van der Waals surface area contributed by atoms with Crippen molar-refractivity contribution in [3.63, 3.8) is 0 Å². The van der Waals surface area contributed by atoms with Crippen LogP contribution in [0.25, 0.3) is 0 Å². The number of rotatable bonds is 4. The molecule has 0 bridgehead atoms. The van der Waals surface area contributed by atoms with E-state index in [0.29, 0.717) is 17.3 Å². The van der Waals surface area contributed by atoms with Crippen LogP contribution in [-0.2, 0) is 0 Å². The van der Waals surface area contributed by atoms with Gasteiger partial charge in [0.05, 0.1) is 11.4 Å². The third-order valence-electron chi connectivity index (χ3n) is 3.15. The average Bonchev–Trinajstić information content (AvgIpc) is 2.67. The van der Waals surface area contributed by atoms with E-state index >= 15 is 0 Å². The van der Waals surface area contributed by atoms with E-state index in [1.54, 1.807) is 18.6 Å².